The zero-order chi connectivity index (χ0) is 19.1. The number of rotatable bonds is 22. The van der Waals surface area contributed by atoms with Crippen molar-refractivity contribution in [3.8, 4) is 0 Å². The van der Waals surface area contributed by atoms with E-state index in [4.69, 9.17) is 9.99 Å². The molecule has 0 rings (SSSR count). The first-order chi connectivity index (χ1) is 12.8. The lowest BCUT2D eigenvalue weighted by atomic mass is 10.0. The molecule has 0 aromatic carbocycles. The average molecular weight is 392 g/mol. The van der Waals surface area contributed by atoms with E-state index in [2.05, 4.69) is 17.1 Å². The van der Waals surface area contributed by atoms with Crippen LogP contribution in [0.25, 0.3) is 0 Å². The standard InChI is InChI=1S/C20H41NO4S/c1-2-3-4-5-6-7-8-9-10-11-13-20(24-19-22)14-12-16-26-17-15-21-18-25-23/h19-21,23H,2-18H2,1H3. The van der Waals surface area contributed by atoms with Gasteiger partial charge in [-0.25, -0.2) is 4.89 Å². The van der Waals surface area contributed by atoms with Crippen molar-refractivity contribution in [2.24, 2.45) is 0 Å². The van der Waals surface area contributed by atoms with Gasteiger partial charge >= 0.3 is 0 Å². The predicted octanol–water partition coefficient (Wildman–Crippen LogP) is 5.39. The molecule has 0 aliphatic heterocycles. The van der Waals surface area contributed by atoms with E-state index in [0.717, 1.165) is 43.7 Å². The molecule has 2 N–H and O–H groups in total. The minimum Gasteiger partial charge on any atom is -0.465 e. The number of ether oxygens (including phenoxy) is 1. The molecule has 6 heteroatoms. The molecular formula is C20H41NO4S. The minimum absolute atomic E-state index is 0.0862. The Labute approximate surface area is 164 Å². The largest absolute Gasteiger partial charge is 0.465 e. The third-order valence-electron chi connectivity index (χ3n) is 4.53. The van der Waals surface area contributed by atoms with E-state index >= 15 is 0 Å². The fraction of sp³-hybridized carbons (Fsp3) is 0.950. The summed E-state index contributed by atoms with van der Waals surface area (Å²) in [5, 5.41) is 11.1. The van der Waals surface area contributed by atoms with Crippen LogP contribution in [0.4, 0.5) is 0 Å². The second-order valence-electron chi connectivity index (χ2n) is 6.85. The van der Waals surface area contributed by atoms with Gasteiger partial charge in [-0.15, -0.1) is 0 Å². The van der Waals surface area contributed by atoms with Crippen LogP contribution in [0, 0.1) is 0 Å². The van der Waals surface area contributed by atoms with Crippen molar-refractivity contribution in [2.45, 2.75) is 96.5 Å². The van der Waals surface area contributed by atoms with E-state index in [0.29, 0.717) is 6.47 Å². The lowest BCUT2D eigenvalue weighted by Gasteiger charge is -2.15. The highest BCUT2D eigenvalue weighted by Gasteiger charge is 2.08. The Morgan fingerprint density at radius 3 is 2.15 bits per heavy atom. The van der Waals surface area contributed by atoms with Gasteiger partial charge in [0.15, 0.2) is 0 Å². The quantitative estimate of drug-likeness (QED) is 0.0848. The molecule has 0 aromatic heterocycles. The van der Waals surface area contributed by atoms with Gasteiger partial charge in [-0.3, -0.25) is 15.4 Å². The molecule has 0 aliphatic carbocycles. The molecule has 1 unspecified atom stereocenters. The van der Waals surface area contributed by atoms with Crippen LogP contribution in [0.15, 0.2) is 0 Å². The normalized spacial score (nSPS) is 12.2. The summed E-state index contributed by atoms with van der Waals surface area (Å²) < 4.78 is 5.24. The summed E-state index contributed by atoms with van der Waals surface area (Å²) in [4.78, 5) is 14.6. The van der Waals surface area contributed by atoms with E-state index in [1.807, 2.05) is 11.8 Å². The summed E-state index contributed by atoms with van der Waals surface area (Å²) in [5.74, 6) is 2.05. The number of thioether (sulfide) groups is 1. The minimum atomic E-state index is 0.0862. The Bertz CT molecular complexity index is 283. The van der Waals surface area contributed by atoms with E-state index in [1.165, 1.54) is 57.8 Å². The lowest BCUT2D eigenvalue weighted by molar-refractivity contribution is -0.247. The van der Waals surface area contributed by atoms with Gasteiger partial charge in [0.2, 0.25) is 0 Å². The smallest absolute Gasteiger partial charge is 0.293 e. The number of carbonyl (C=O) groups is 1. The molecule has 0 fully saturated rings. The highest BCUT2D eigenvalue weighted by atomic mass is 32.2. The zero-order valence-electron chi connectivity index (χ0n) is 16.8. The molecule has 0 aliphatic rings. The maximum absolute atomic E-state index is 10.7. The Kier molecular flexibility index (Phi) is 22.5. The highest BCUT2D eigenvalue weighted by molar-refractivity contribution is 7.99. The van der Waals surface area contributed by atoms with Gasteiger partial charge in [0.25, 0.3) is 6.47 Å². The Balaban J connectivity index is 3.43. The highest BCUT2D eigenvalue weighted by Crippen LogP contribution is 2.16. The Hall–Kier alpha value is -0.300. The van der Waals surface area contributed by atoms with Crippen LogP contribution in [-0.4, -0.2) is 42.6 Å². The van der Waals surface area contributed by atoms with Gasteiger partial charge in [-0.1, -0.05) is 64.7 Å². The van der Waals surface area contributed by atoms with Crippen molar-refractivity contribution >= 4 is 18.2 Å². The van der Waals surface area contributed by atoms with Crippen LogP contribution in [0.5, 0.6) is 0 Å². The first-order valence-electron chi connectivity index (χ1n) is 10.5. The third kappa shape index (κ3) is 20.0. The van der Waals surface area contributed by atoms with Crippen molar-refractivity contribution in [1.82, 2.24) is 5.32 Å². The molecule has 26 heavy (non-hydrogen) atoms. The molecule has 0 radical (unpaired) electrons. The second-order valence-corrected chi connectivity index (χ2v) is 8.08. The van der Waals surface area contributed by atoms with Crippen LogP contribution < -0.4 is 5.32 Å². The van der Waals surface area contributed by atoms with Crippen molar-refractivity contribution < 1.29 is 19.7 Å². The molecule has 0 amide bonds. The van der Waals surface area contributed by atoms with Crippen molar-refractivity contribution in [3.05, 3.63) is 0 Å². The van der Waals surface area contributed by atoms with Crippen molar-refractivity contribution in [2.75, 3.05) is 24.8 Å². The number of unbranched alkanes of at least 4 members (excludes halogenated alkanes) is 9. The van der Waals surface area contributed by atoms with Crippen LogP contribution in [0.3, 0.4) is 0 Å². The molecule has 0 saturated heterocycles. The SMILES string of the molecule is CCCCCCCCCCCCC(CCCSCCNCOO)OC=O. The summed E-state index contributed by atoms with van der Waals surface area (Å²) in [6, 6.07) is 0. The van der Waals surface area contributed by atoms with Crippen LogP contribution >= 0.6 is 11.8 Å². The van der Waals surface area contributed by atoms with Crippen LogP contribution in [0.2, 0.25) is 0 Å². The molecule has 0 bridgehead atoms. The van der Waals surface area contributed by atoms with Gasteiger partial charge < -0.3 is 4.74 Å². The molecule has 0 heterocycles. The monoisotopic (exact) mass is 391 g/mol. The zero-order valence-corrected chi connectivity index (χ0v) is 17.6. The maximum atomic E-state index is 10.7. The number of hydrogen-bond donors (Lipinski definition) is 2. The topological polar surface area (TPSA) is 67.8 Å². The van der Waals surface area contributed by atoms with Gasteiger partial charge in [0, 0.05) is 12.3 Å². The Morgan fingerprint density at radius 1 is 0.923 bits per heavy atom. The second kappa shape index (κ2) is 22.7. The van der Waals surface area contributed by atoms with Gasteiger partial charge in [-0.2, -0.15) is 11.8 Å². The summed E-state index contributed by atoms with van der Waals surface area (Å²) in [5.41, 5.74) is 0. The molecular weight excluding hydrogens is 350 g/mol. The summed E-state index contributed by atoms with van der Waals surface area (Å²) >= 11 is 1.86. The van der Waals surface area contributed by atoms with Gasteiger partial charge in [0.05, 0.1) is 0 Å². The van der Waals surface area contributed by atoms with E-state index < -0.39 is 0 Å². The molecule has 0 spiro atoms. The first kappa shape index (κ1) is 25.7. The fourth-order valence-corrected chi connectivity index (χ4v) is 3.86. The van der Waals surface area contributed by atoms with E-state index in [1.54, 1.807) is 0 Å². The van der Waals surface area contributed by atoms with Gasteiger partial charge in [0.1, 0.15) is 12.8 Å². The van der Waals surface area contributed by atoms with Gasteiger partial charge in [-0.05, 0) is 31.4 Å². The van der Waals surface area contributed by atoms with Crippen molar-refractivity contribution in [3.63, 3.8) is 0 Å². The van der Waals surface area contributed by atoms with Crippen LogP contribution in [-0.2, 0) is 14.4 Å². The number of carbonyl (C=O) groups excluding carboxylic acids is 1. The fourth-order valence-electron chi connectivity index (χ4n) is 3.00. The lowest BCUT2D eigenvalue weighted by Crippen LogP contribution is -2.19. The number of nitrogens with one attached hydrogen (secondary N) is 1. The summed E-state index contributed by atoms with van der Waals surface area (Å²) in [6.07, 6.45) is 16.4. The molecule has 5 nitrogen and oxygen atoms in total. The van der Waals surface area contributed by atoms with E-state index in [9.17, 15) is 4.79 Å². The first-order valence-corrected chi connectivity index (χ1v) is 11.6. The molecule has 156 valence electrons. The Morgan fingerprint density at radius 2 is 1.54 bits per heavy atom. The van der Waals surface area contributed by atoms with E-state index in [-0.39, 0.29) is 12.8 Å². The average Bonchev–Trinajstić information content (AvgIpc) is 2.65. The summed E-state index contributed by atoms with van der Waals surface area (Å²) in [6.45, 7) is 3.86. The van der Waals surface area contributed by atoms with Crippen molar-refractivity contribution in [1.29, 1.82) is 0 Å². The maximum Gasteiger partial charge on any atom is 0.293 e. The molecule has 0 saturated carbocycles. The summed E-state index contributed by atoms with van der Waals surface area (Å²) in [7, 11) is 0. The molecule has 1 atom stereocenters. The predicted molar refractivity (Wildman–Crippen MR) is 111 cm³/mol. The van der Waals surface area contributed by atoms with Crippen LogP contribution in [0.1, 0.15) is 90.4 Å². The third-order valence-corrected chi connectivity index (χ3v) is 5.60. The molecule has 0 aromatic rings. The number of hydrogen-bond acceptors (Lipinski definition) is 6.